The number of nitrogens with zero attached hydrogens (tertiary/aromatic N) is 2. The third-order valence-corrected chi connectivity index (χ3v) is 4.09. The minimum absolute atomic E-state index is 0.0520. The van der Waals surface area contributed by atoms with E-state index in [-0.39, 0.29) is 11.6 Å². The second kappa shape index (κ2) is 7.05. The van der Waals surface area contributed by atoms with E-state index in [2.05, 4.69) is 15.2 Å². The molecule has 0 unspecified atom stereocenters. The van der Waals surface area contributed by atoms with Gasteiger partial charge in [0, 0.05) is 11.0 Å². The number of benzene rings is 1. The lowest BCUT2D eigenvalue weighted by atomic mass is 10.2. The molecule has 2 heterocycles. The molecule has 0 spiro atoms. The van der Waals surface area contributed by atoms with E-state index in [9.17, 15) is 9.90 Å². The van der Waals surface area contributed by atoms with Crippen molar-refractivity contribution in [2.75, 3.05) is 7.11 Å². The molecule has 2 N–H and O–H groups in total. The number of nitrogens with one attached hydrogen (secondary N) is 1. The van der Waals surface area contributed by atoms with Gasteiger partial charge in [0.1, 0.15) is 12.1 Å². The van der Waals surface area contributed by atoms with Crippen LogP contribution in [0.5, 0.6) is 5.75 Å². The molecule has 2 aromatic heterocycles. The highest BCUT2D eigenvalue weighted by Gasteiger charge is 2.16. The Balaban J connectivity index is 1.79. The first-order valence-corrected chi connectivity index (χ1v) is 7.69. The van der Waals surface area contributed by atoms with E-state index in [4.69, 9.17) is 9.15 Å². The van der Waals surface area contributed by atoms with Crippen molar-refractivity contribution in [3.63, 3.8) is 0 Å². The van der Waals surface area contributed by atoms with Crippen LogP contribution < -0.4 is 4.74 Å². The standard InChI is InChI=1S/C16H13N3O4S/c1-22-10-2-4-11(5-3-10)24-16-12(6-7-23-16)13(20)8-14(21)15-17-9-18-19-15/h2-9,21H,1H3,(H,17,18,19). The van der Waals surface area contributed by atoms with Gasteiger partial charge in [0.05, 0.1) is 18.9 Å². The fourth-order valence-electron chi connectivity index (χ4n) is 1.91. The number of aromatic nitrogens is 3. The topological polar surface area (TPSA) is 101 Å². The predicted molar refractivity (Wildman–Crippen MR) is 87.1 cm³/mol. The van der Waals surface area contributed by atoms with E-state index >= 15 is 0 Å². The van der Waals surface area contributed by atoms with E-state index in [0.29, 0.717) is 10.7 Å². The summed E-state index contributed by atoms with van der Waals surface area (Å²) in [6.07, 6.45) is 3.80. The molecule has 0 aliphatic rings. The summed E-state index contributed by atoms with van der Waals surface area (Å²) in [5, 5.41) is 16.5. The van der Waals surface area contributed by atoms with Crippen LogP contribution in [-0.2, 0) is 0 Å². The van der Waals surface area contributed by atoms with Crippen molar-refractivity contribution in [3.05, 3.63) is 60.4 Å². The Morgan fingerprint density at radius 3 is 2.79 bits per heavy atom. The Bertz CT molecular complexity index is 854. The van der Waals surface area contributed by atoms with E-state index in [1.54, 1.807) is 13.2 Å². The first-order valence-electron chi connectivity index (χ1n) is 6.88. The minimum atomic E-state index is -0.401. The number of hydrogen-bond acceptors (Lipinski definition) is 7. The number of methoxy groups -OCH3 is 1. The van der Waals surface area contributed by atoms with Crippen LogP contribution in [0.3, 0.4) is 0 Å². The van der Waals surface area contributed by atoms with Gasteiger partial charge in [-0.15, -0.1) is 0 Å². The third kappa shape index (κ3) is 3.49. The average molecular weight is 343 g/mol. The third-order valence-electron chi connectivity index (χ3n) is 3.08. The number of aliphatic hydroxyl groups is 1. The maximum atomic E-state index is 12.3. The number of rotatable bonds is 6. The molecule has 0 saturated heterocycles. The van der Waals surface area contributed by atoms with Crippen molar-refractivity contribution in [1.29, 1.82) is 0 Å². The molecule has 0 radical (unpaired) electrons. The first kappa shape index (κ1) is 15.9. The molecule has 8 heteroatoms. The lowest BCUT2D eigenvalue weighted by Crippen LogP contribution is -1.97. The molecule has 3 rings (SSSR count). The Hall–Kier alpha value is -3.00. The molecule has 0 saturated carbocycles. The lowest BCUT2D eigenvalue weighted by molar-refractivity contribution is 0.104. The summed E-state index contributed by atoms with van der Waals surface area (Å²) in [6.45, 7) is 0. The summed E-state index contributed by atoms with van der Waals surface area (Å²) < 4.78 is 10.5. The average Bonchev–Trinajstić information content (AvgIpc) is 3.27. The van der Waals surface area contributed by atoms with Crippen LogP contribution in [0.1, 0.15) is 16.2 Å². The van der Waals surface area contributed by atoms with Crippen molar-refractivity contribution in [3.8, 4) is 5.75 Å². The molecule has 7 nitrogen and oxygen atoms in total. The van der Waals surface area contributed by atoms with Gasteiger partial charge in [0.2, 0.25) is 5.82 Å². The highest BCUT2D eigenvalue weighted by Crippen LogP contribution is 2.32. The van der Waals surface area contributed by atoms with Gasteiger partial charge >= 0.3 is 0 Å². The van der Waals surface area contributed by atoms with Crippen molar-refractivity contribution in [2.45, 2.75) is 9.99 Å². The fourth-order valence-corrected chi connectivity index (χ4v) is 2.78. The van der Waals surface area contributed by atoms with Gasteiger partial charge < -0.3 is 14.3 Å². The number of ether oxygens (including phenoxy) is 1. The molecule has 0 fully saturated rings. The quantitative estimate of drug-likeness (QED) is 0.402. The molecule has 1 aromatic carbocycles. The Morgan fingerprint density at radius 2 is 2.12 bits per heavy atom. The van der Waals surface area contributed by atoms with Gasteiger partial charge in [-0.3, -0.25) is 9.89 Å². The van der Waals surface area contributed by atoms with E-state index in [0.717, 1.165) is 16.7 Å². The second-order valence-electron chi connectivity index (χ2n) is 4.62. The molecule has 0 aliphatic heterocycles. The molecule has 3 aromatic rings. The number of ketones is 1. The smallest absolute Gasteiger partial charge is 0.215 e. The summed E-state index contributed by atoms with van der Waals surface area (Å²) in [4.78, 5) is 17.0. The fraction of sp³-hybridized carbons (Fsp3) is 0.0625. The van der Waals surface area contributed by atoms with E-state index < -0.39 is 5.78 Å². The predicted octanol–water partition coefficient (Wildman–Crippen LogP) is 3.34. The largest absolute Gasteiger partial charge is 0.504 e. The van der Waals surface area contributed by atoms with Crippen LogP contribution in [0.25, 0.3) is 5.76 Å². The highest BCUT2D eigenvalue weighted by atomic mass is 32.2. The Morgan fingerprint density at radius 1 is 1.33 bits per heavy atom. The Kier molecular flexibility index (Phi) is 4.66. The molecule has 0 aliphatic carbocycles. The Labute approximate surface area is 141 Å². The number of carbonyl (C=O) groups is 1. The molecule has 24 heavy (non-hydrogen) atoms. The van der Waals surface area contributed by atoms with Gasteiger partial charge in [0.25, 0.3) is 0 Å². The van der Waals surface area contributed by atoms with Crippen LogP contribution in [0.15, 0.2) is 63.4 Å². The number of carbonyl (C=O) groups excluding carboxylic acids is 1. The van der Waals surface area contributed by atoms with Crippen molar-refractivity contribution in [2.24, 2.45) is 0 Å². The molecule has 0 atom stereocenters. The van der Waals surface area contributed by atoms with Crippen LogP contribution in [0.4, 0.5) is 0 Å². The van der Waals surface area contributed by atoms with E-state index in [1.165, 1.54) is 24.4 Å². The van der Waals surface area contributed by atoms with Crippen molar-refractivity contribution < 1.29 is 19.1 Å². The number of aromatic amines is 1. The summed E-state index contributed by atoms with van der Waals surface area (Å²) in [5.74, 6) is 0.0792. The summed E-state index contributed by atoms with van der Waals surface area (Å²) in [6, 6.07) is 8.92. The van der Waals surface area contributed by atoms with Crippen LogP contribution >= 0.6 is 11.8 Å². The molecule has 0 amide bonds. The SMILES string of the molecule is COc1ccc(Sc2occc2C(=O)C=C(O)c2nc[nH]n2)cc1. The summed E-state index contributed by atoms with van der Waals surface area (Å²) >= 11 is 1.30. The molecule has 122 valence electrons. The number of furan rings is 1. The molecular weight excluding hydrogens is 330 g/mol. The lowest BCUT2D eigenvalue weighted by Gasteiger charge is -2.02. The monoisotopic (exact) mass is 343 g/mol. The van der Waals surface area contributed by atoms with Gasteiger partial charge in [-0.25, -0.2) is 4.98 Å². The maximum Gasteiger partial charge on any atom is 0.215 e. The number of allylic oxidation sites excluding steroid dienone is 1. The zero-order chi connectivity index (χ0) is 16.9. The highest BCUT2D eigenvalue weighted by molar-refractivity contribution is 7.99. The minimum Gasteiger partial charge on any atom is -0.504 e. The number of hydrogen-bond donors (Lipinski definition) is 2. The van der Waals surface area contributed by atoms with Gasteiger partial charge in [0.15, 0.2) is 16.6 Å². The summed E-state index contributed by atoms with van der Waals surface area (Å²) in [7, 11) is 1.60. The van der Waals surface area contributed by atoms with Gasteiger partial charge in [-0.2, -0.15) is 5.10 Å². The zero-order valence-electron chi connectivity index (χ0n) is 12.6. The second-order valence-corrected chi connectivity index (χ2v) is 5.66. The number of H-pyrrole nitrogens is 1. The van der Waals surface area contributed by atoms with Gasteiger partial charge in [-0.05, 0) is 30.3 Å². The zero-order valence-corrected chi connectivity index (χ0v) is 13.4. The normalized spacial score (nSPS) is 11.5. The van der Waals surface area contributed by atoms with Crippen LogP contribution in [0.2, 0.25) is 0 Å². The van der Waals surface area contributed by atoms with Crippen molar-refractivity contribution in [1.82, 2.24) is 15.2 Å². The summed E-state index contributed by atoms with van der Waals surface area (Å²) in [5.41, 5.74) is 0.345. The molecular formula is C16H13N3O4S. The van der Waals surface area contributed by atoms with E-state index in [1.807, 2.05) is 24.3 Å². The number of aliphatic hydroxyl groups excluding tert-OH is 1. The molecule has 0 bridgehead atoms. The van der Waals surface area contributed by atoms with Crippen LogP contribution in [-0.4, -0.2) is 33.2 Å². The van der Waals surface area contributed by atoms with Gasteiger partial charge in [-0.1, -0.05) is 11.8 Å². The first-order chi connectivity index (χ1) is 11.7. The maximum absolute atomic E-state index is 12.3. The van der Waals surface area contributed by atoms with Crippen LogP contribution in [0, 0.1) is 0 Å². The van der Waals surface area contributed by atoms with Crippen molar-refractivity contribution >= 4 is 23.3 Å².